The van der Waals surface area contributed by atoms with Gasteiger partial charge < -0.3 is 44.5 Å². The second-order valence-corrected chi connectivity index (χ2v) is 19.7. The van der Waals surface area contributed by atoms with E-state index in [-0.39, 0.29) is 105 Å². The molecule has 10 atom stereocenters. The highest BCUT2D eigenvalue weighted by atomic mass is 16.6. The van der Waals surface area contributed by atoms with Crippen molar-refractivity contribution >= 4 is 29.7 Å². The van der Waals surface area contributed by atoms with Crippen molar-refractivity contribution in [1.82, 2.24) is 0 Å². The van der Waals surface area contributed by atoms with E-state index in [9.17, 15) is 49.5 Å². The molecule has 60 heavy (non-hydrogen) atoms. The van der Waals surface area contributed by atoms with E-state index < -0.39 is 48.5 Å². The standard InChI is InChI=1S/C22H38O7.C18H34O5.C4H4O2.2CH4/c1-13(2)19(25)11-18-9-15(21(27)29-18)8-17(28-20(26)7-14(3)23)10-16(24)12-22(4,5)6;1-11(2)16(21)9-15-7-12(17(22)23-15)6-13(19)8-14(20)10-18(3,4)5;1-3-2-4(5)6-3;;/h13,15-19,24-25H,7-12H2,1-6H3;11-16,19-21H,6-10H2,1-5H3;1-2H2;2*1H4. The normalized spacial score (nSPS) is 23.0. The Kier molecular flexibility index (Phi) is 26.8. The largest absolute Gasteiger partial charge is 0.462 e. The topological polar surface area (TPSA) is 223 Å². The van der Waals surface area contributed by atoms with Gasteiger partial charge in [0.1, 0.15) is 42.7 Å². The zero-order valence-corrected chi connectivity index (χ0v) is 37.0. The minimum absolute atomic E-state index is 0. The van der Waals surface area contributed by atoms with E-state index in [0.717, 1.165) is 0 Å². The summed E-state index contributed by atoms with van der Waals surface area (Å²) in [7, 11) is 0. The minimum atomic E-state index is -0.710. The van der Waals surface area contributed by atoms with Gasteiger partial charge in [-0.15, -0.1) is 0 Å². The monoisotopic (exact) mass is 861 g/mol. The number of hydrogen-bond acceptors (Lipinski definition) is 14. The molecule has 3 rings (SSSR count). The lowest BCUT2D eigenvalue weighted by molar-refractivity contribution is -0.155. The number of cyclic esters (lactones) is 3. The Morgan fingerprint density at radius 2 is 1.10 bits per heavy atom. The maximum atomic E-state index is 12.3. The van der Waals surface area contributed by atoms with Crippen molar-refractivity contribution < 1.29 is 68.5 Å². The lowest BCUT2D eigenvalue weighted by Crippen LogP contribution is -2.30. The van der Waals surface area contributed by atoms with Crippen molar-refractivity contribution in [3.63, 3.8) is 0 Å². The molecule has 3 heterocycles. The van der Waals surface area contributed by atoms with E-state index in [2.05, 4.69) is 11.3 Å². The molecule has 352 valence electrons. The summed E-state index contributed by atoms with van der Waals surface area (Å²) in [5, 5.41) is 50.5. The van der Waals surface area contributed by atoms with Crippen LogP contribution < -0.4 is 0 Å². The number of ketones is 1. The molecule has 5 N–H and O–H groups in total. The van der Waals surface area contributed by atoms with Crippen LogP contribution in [0.4, 0.5) is 0 Å². The van der Waals surface area contributed by atoms with Gasteiger partial charge in [-0.25, -0.2) is 0 Å². The molecule has 3 aliphatic rings. The van der Waals surface area contributed by atoms with Crippen LogP contribution in [-0.2, 0) is 42.9 Å². The summed E-state index contributed by atoms with van der Waals surface area (Å²) >= 11 is 0. The Balaban J connectivity index is 0. The van der Waals surface area contributed by atoms with Crippen molar-refractivity contribution in [2.24, 2.45) is 34.5 Å². The van der Waals surface area contributed by atoms with Gasteiger partial charge >= 0.3 is 23.9 Å². The van der Waals surface area contributed by atoms with E-state index in [1.54, 1.807) is 0 Å². The summed E-state index contributed by atoms with van der Waals surface area (Å²) in [6.45, 7) is 24.5. The third-order valence-corrected chi connectivity index (χ3v) is 10.0. The molecule has 0 aromatic carbocycles. The van der Waals surface area contributed by atoms with Gasteiger partial charge in [-0.05, 0) is 74.5 Å². The lowest BCUT2D eigenvalue weighted by Gasteiger charge is -2.26. The highest BCUT2D eigenvalue weighted by Crippen LogP contribution is 2.33. The molecular formula is C46H84O14. The second-order valence-electron chi connectivity index (χ2n) is 19.7. The molecule has 0 aromatic rings. The molecule has 3 aliphatic heterocycles. The van der Waals surface area contributed by atoms with Gasteiger partial charge in [-0.1, -0.05) is 90.7 Å². The van der Waals surface area contributed by atoms with Crippen molar-refractivity contribution in [3.8, 4) is 0 Å². The predicted molar refractivity (Wildman–Crippen MR) is 230 cm³/mol. The highest BCUT2D eigenvalue weighted by molar-refractivity contribution is 5.94. The molecule has 0 aliphatic carbocycles. The molecule has 0 spiro atoms. The van der Waals surface area contributed by atoms with E-state index >= 15 is 0 Å². The van der Waals surface area contributed by atoms with Gasteiger partial charge in [0.15, 0.2) is 0 Å². The van der Waals surface area contributed by atoms with Crippen molar-refractivity contribution in [3.05, 3.63) is 12.3 Å². The molecule has 3 fully saturated rings. The fraction of sp³-hybridized carbons (Fsp3) is 0.848. The number of rotatable bonds is 19. The molecule has 0 saturated carbocycles. The third kappa shape index (κ3) is 25.8. The first-order valence-electron chi connectivity index (χ1n) is 20.9. The van der Waals surface area contributed by atoms with Crippen molar-refractivity contribution in [1.29, 1.82) is 0 Å². The average Bonchev–Trinajstić information content (AvgIpc) is 3.53. The molecule has 0 aromatic heterocycles. The second kappa shape index (κ2) is 27.2. The van der Waals surface area contributed by atoms with Gasteiger partial charge in [0.05, 0.1) is 42.4 Å². The summed E-state index contributed by atoms with van der Waals surface area (Å²) in [5.41, 5.74) is -0.0960. The van der Waals surface area contributed by atoms with Crippen LogP contribution in [0.3, 0.4) is 0 Å². The van der Waals surface area contributed by atoms with Gasteiger partial charge in [-0.3, -0.25) is 24.0 Å². The van der Waals surface area contributed by atoms with Crippen LogP contribution in [0.1, 0.15) is 168 Å². The number of carbonyl (C=O) groups excluding carboxylic acids is 5. The number of ether oxygens (including phenoxy) is 4. The van der Waals surface area contributed by atoms with E-state index in [4.69, 9.17) is 14.2 Å². The molecule has 0 radical (unpaired) electrons. The molecule has 14 heteroatoms. The SMILES string of the molecule is C.C.C=C1CC(=O)O1.CC(=O)CC(=O)OC(CC(O)CC(C)(C)C)CC1CC(CC(O)C(C)C)OC1=O.CC(C)C(O)CC1CC(CC(O)CC(O)CC(C)(C)C)C(=O)O1. The Morgan fingerprint density at radius 1 is 0.700 bits per heavy atom. The number of hydrogen-bond donors (Lipinski definition) is 5. The van der Waals surface area contributed by atoms with E-state index in [1.807, 2.05) is 69.2 Å². The number of esters is 4. The summed E-state index contributed by atoms with van der Waals surface area (Å²) < 4.78 is 20.4. The molecule has 0 amide bonds. The number of aliphatic hydroxyl groups excluding tert-OH is 5. The molecule has 10 unspecified atom stereocenters. The number of carbonyl (C=O) groups is 5. The van der Waals surface area contributed by atoms with Gasteiger partial charge in [0, 0.05) is 19.3 Å². The van der Waals surface area contributed by atoms with E-state index in [0.29, 0.717) is 57.1 Å². The van der Waals surface area contributed by atoms with Crippen LogP contribution in [0.25, 0.3) is 0 Å². The zero-order valence-electron chi connectivity index (χ0n) is 37.0. The van der Waals surface area contributed by atoms with Crippen LogP contribution in [-0.4, -0.2) is 104 Å². The molecule has 0 bridgehead atoms. The van der Waals surface area contributed by atoms with Gasteiger partial charge in [0.25, 0.3) is 0 Å². The molecular weight excluding hydrogens is 776 g/mol. The van der Waals surface area contributed by atoms with Crippen LogP contribution in [0.5, 0.6) is 0 Å². The average molecular weight is 861 g/mol. The summed E-state index contributed by atoms with van der Waals surface area (Å²) in [5.74, 6) is -1.80. The maximum absolute atomic E-state index is 12.3. The molecule has 14 nitrogen and oxygen atoms in total. The smallest absolute Gasteiger partial charge is 0.318 e. The first-order chi connectivity index (χ1) is 26.5. The summed E-state index contributed by atoms with van der Waals surface area (Å²) in [6.07, 6.45) is -0.261. The van der Waals surface area contributed by atoms with Gasteiger partial charge in [-0.2, -0.15) is 0 Å². The predicted octanol–water partition coefficient (Wildman–Crippen LogP) is 6.78. The third-order valence-electron chi connectivity index (χ3n) is 10.0. The van der Waals surface area contributed by atoms with Crippen LogP contribution in [0.15, 0.2) is 12.3 Å². The van der Waals surface area contributed by atoms with Gasteiger partial charge in [0.2, 0.25) is 0 Å². The van der Waals surface area contributed by atoms with E-state index in [1.165, 1.54) is 6.92 Å². The number of Topliss-reactive ketones (excluding diaryl/α,β-unsaturated/α-hetero) is 1. The maximum Gasteiger partial charge on any atom is 0.318 e. The van der Waals surface area contributed by atoms with Crippen LogP contribution in [0.2, 0.25) is 0 Å². The zero-order chi connectivity index (χ0) is 44.7. The summed E-state index contributed by atoms with van der Waals surface area (Å²) in [6, 6.07) is 0. The number of aliphatic hydroxyl groups is 5. The fourth-order valence-electron chi connectivity index (χ4n) is 7.08. The Hall–Kier alpha value is -2.91. The Bertz CT molecular complexity index is 1310. The summed E-state index contributed by atoms with van der Waals surface area (Å²) in [4.78, 5) is 57.2. The van der Waals surface area contributed by atoms with Crippen molar-refractivity contribution in [2.75, 3.05) is 0 Å². The minimum Gasteiger partial charge on any atom is -0.462 e. The fourth-order valence-corrected chi connectivity index (χ4v) is 7.08. The van der Waals surface area contributed by atoms with Crippen LogP contribution >= 0.6 is 0 Å². The molecule has 3 saturated heterocycles. The highest BCUT2D eigenvalue weighted by Gasteiger charge is 2.39. The van der Waals surface area contributed by atoms with Crippen LogP contribution in [0, 0.1) is 34.5 Å². The van der Waals surface area contributed by atoms with Crippen molar-refractivity contribution in [2.45, 2.75) is 217 Å². The Labute approximate surface area is 361 Å². The Morgan fingerprint density at radius 3 is 1.43 bits per heavy atom. The first-order valence-corrected chi connectivity index (χ1v) is 20.9. The lowest BCUT2D eigenvalue weighted by atomic mass is 9.86. The first kappa shape index (κ1) is 59.2. The quantitative estimate of drug-likeness (QED) is 0.0514.